The molecule has 0 saturated heterocycles. The second-order valence-electron chi connectivity index (χ2n) is 29.8. The van der Waals surface area contributed by atoms with Gasteiger partial charge in [0.15, 0.2) is 0 Å². The predicted molar refractivity (Wildman–Crippen MR) is 334 cm³/mol. The molecule has 3 heteroatoms. The van der Waals surface area contributed by atoms with Crippen molar-refractivity contribution < 1.29 is 15.3 Å². The van der Waals surface area contributed by atoms with Crippen molar-refractivity contribution in [2.45, 2.75) is 196 Å². The van der Waals surface area contributed by atoms with Crippen molar-refractivity contribution in [3.63, 3.8) is 0 Å². The minimum Gasteiger partial charge on any atom is -0.393 e. The molecule has 12 rings (SSSR count). The van der Waals surface area contributed by atoms with Crippen LogP contribution in [0.5, 0.6) is 0 Å². The lowest BCUT2D eigenvalue weighted by molar-refractivity contribution is -0.203. The van der Waals surface area contributed by atoms with Crippen molar-refractivity contribution >= 4 is 11.1 Å². The zero-order valence-electron chi connectivity index (χ0n) is 51.2. The van der Waals surface area contributed by atoms with Crippen molar-refractivity contribution in [3.8, 4) is 0 Å². The molecule has 8 saturated carbocycles. The van der Waals surface area contributed by atoms with Crippen LogP contribution in [0.15, 0.2) is 133 Å². The van der Waals surface area contributed by atoms with Gasteiger partial charge in [-0.2, -0.15) is 0 Å². The number of benzene rings is 4. The molecule has 0 heterocycles. The fourth-order valence-corrected chi connectivity index (χ4v) is 22.3. The lowest BCUT2D eigenvalue weighted by Gasteiger charge is -2.65. The van der Waals surface area contributed by atoms with Crippen LogP contribution < -0.4 is 0 Å². The van der Waals surface area contributed by atoms with E-state index in [1.807, 2.05) is 0 Å². The van der Waals surface area contributed by atoms with Crippen LogP contribution in [0.25, 0.3) is 11.1 Å². The molecule has 0 bridgehead atoms. The second-order valence-corrected chi connectivity index (χ2v) is 29.8. The Morgan fingerprint density at radius 1 is 0.438 bits per heavy atom. The van der Waals surface area contributed by atoms with Gasteiger partial charge in [-0.05, 0) is 240 Å². The maximum absolute atomic E-state index is 12.1. The van der Waals surface area contributed by atoms with Gasteiger partial charge >= 0.3 is 0 Å². The summed E-state index contributed by atoms with van der Waals surface area (Å²) in [7, 11) is 0. The van der Waals surface area contributed by atoms with Crippen LogP contribution in [0.3, 0.4) is 0 Å². The first-order valence-corrected chi connectivity index (χ1v) is 33.2. The molecule has 0 aliphatic heterocycles. The maximum atomic E-state index is 12.1. The fourth-order valence-electron chi connectivity index (χ4n) is 22.3. The third-order valence-electron chi connectivity index (χ3n) is 26.3. The normalized spacial score (nSPS) is 41.4. The lowest BCUT2D eigenvalue weighted by Crippen LogP contribution is -2.62. The minimum atomic E-state index is -0.209. The van der Waals surface area contributed by atoms with E-state index in [1.165, 1.54) is 104 Å². The first-order chi connectivity index (χ1) is 38.5. The molecule has 0 amide bonds. The molecule has 4 aromatic carbocycles. The highest BCUT2D eigenvalue weighted by atomic mass is 16.3. The number of rotatable bonds is 12. The quantitative estimate of drug-likeness (QED) is 0.132. The van der Waals surface area contributed by atoms with Gasteiger partial charge in [-0.1, -0.05) is 215 Å². The van der Waals surface area contributed by atoms with E-state index in [0.29, 0.717) is 81.3 Å². The molecule has 0 radical (unpaired) electrons. The highest BCUT2D eigenvalue weighted by Crippen LogP contribution is 2.72. The summed E-state index contributed by atoms with van der Waals surface area (Å²) in [4.78, 5) is 0. The van der Waals surface area contributed by atoms with E-state index in [4.69, 9.17) is 0 Å². The van der Waals surface area contributed by atoms with Crippen molar-refractivity contribution in [2.75, 3.05) is 0 Å². The second kappa shape index (κ2) is 23.7. The standard InChI is InChI=1S/C39H54O.C38H52O2/c1-6-30-35-25-26(2)21-23-39(35,5)34-22-24-38(4)32(19-20-33(38)36(34)37(30)40)27(3)17-18-31(28-13-9-7-10-14-28)29-15-11-8-12-16-29;1-5-29-34-24-28(39)20-22-38(34,4)33-21-23-37(3)31(18-19-32(37)35(33)36(29)40)25(2)16-17-30(26-12-8-6-9-13-26)27-14-10-7-11-15-27/h7-16,18,26-27,30,32-37,40H,6,17,19-25H2,1-5H3;6-15,17,25,28-29,31-36,39-40H,5,16,18-24H2,1-4H3/t26-,27-,30-,32-,33?,34?,35+,36+,37-,38-,39-;25-,28-,29-,31-,32?,33?,34+,35+,36-,37-,38-/m11/s1. The number of aliphatic hydroxyl groups is 3. The average Bonchev–Trinajstić information content (AvgIpc) is 4.16. The molecule has 4 unspecified atom stereocenters. The molecule has 4 aromatic rings. The Bertz CT molecular complexity index is 2440. The van der Waals surface area contributed by atoms with Crippen LogP contribution in [0, 0.1) is 110 Å². The Labute approximate surface area is 486 Å². The molecule has 80 heavy (non-hydrogen) atoms. The molecule has 8 aliphatic carbocycles. The van der Waals surface area contributed by atoms with E-state index < -0.39 is 0 Å². The Morgan fingerprint density at radius 3 is 1.15 bits per heavy atom. The molecule has 3 N–H and O–H groups in total. The summed E-state index contributed by atoms with van der Waals surface area (Å²) in [5.74, 6) is 9.13. The molecule has 0 spiro atoms. The van der Waals surface area contributed by atoms with Gasteiger partial charge in [0.1, 0.15) is 0 Å². The maximum Gasteiger partial charge on any atom is 0.0605 e. The summed E-state index contributed by atoms with van der Waals surface area (Å²) in [5, 5.41) is 34.7. The molecule has 432 valence electrons. The summed E-state index contributed by atoms with van der Waals surface area (Å²) < 4.78 is 0. The first-order valence-electron chi connectivity index (χ1n) is 33.2. The number of hydrogen-bond donors (Lipinski definition) is 3. The Kier molecular flexibility index (Phi) is 17.2. The molecule has 3 nitrogen and oxygen atoms in total. The van der Waals surface area contributed by atoms with Crippen molar-refractivity contribution in [3.05, 3.63) is 156 Å². The van der Waals surface area contributed by atoms with Crippen LogP contribution in [0.1, 0.15) is 200 Å². The van der Waals surface area contributed by atoms with Crippen molar-refractivity contribution in [2.24, 2.45) is 110 Å². The SMILES string of the molecule is CC[C@H]1[C@@H](O)[C@H]2C3CC[C@H]([C@H](C)CC=C(c4ccccc4)c4ccccc4)[C@@]3(C)CCC2[C@@]2(C)CC[C@@H](C)C[C@@H]12.CC[C@H]1[C@@H](O)[C@H]2C3CC[C@H]([C@H](C)CC=C(c4ccccc4)c4ccccc4)[C@@]3(C)CCC2[C@@]2(C)CC[C@@H](O)C[C@@H]12. The average molecular weight is 1080 g/mol. The molecule has 8 aliphatic rings. The Balaban J connectivity index is 0.000000169. The summed E-state index contributed by atoms with van der Waals surface area (Å²) in [6.45, 7) is 22.6. The van der Waals surface area contributed by atoms with Gasteiger partial charge in [0.2, 0.25) is 0 Å². The molecule has 8 fully saturated rings. The van der Waals surface area contributed by atoms with Crippen LogP contribution in [0.4, 0.5) is 0 Å². The molecular weight excluding hydrogens is 973 g/mol. The monoisotopic (exact) mass is 1080 g/mol. The molecule has 0 aromatic heterocycles. The number of hydrogen-bond acceptors (Lipinski definition) is 3. The van der Waals surface area contributed by atoms with E-state index in [1.54, 1.807) is 0 Å². The van der Waals surface area contributed by atoms with Gasteiger partial charge in [0.25, 0.3) is 0 Å². The van der Waals surface area contributed by atoms with E-state index in [9.17, 15) is 15.3 Å². The van der Waals surface area contributed by atoms with Crippen LogP contribution in [0.2, 0.25) is 0 Å². The van der Waals surface area contributed by atoms with Crippen molar-refractivity contribution in [1.29, 1.82) is 0 Å². The van der Waals surface area contributed by atoms with Crippen LogP contribution in [-0.4, -0.2) is 33.6 Å². The Morgan fingerprint density at radius 2 is 0.775 bits per heavy atom. The van der Waals surface area contributed by atoms with Gasteiger partial charge in [0, 0.05) is 0 Å². The van der Waals surface area contributed by atoms with Gasteiger partial charge in [0.05, 0.1) is 18.3 Å². The largest absolute Gasteiger partial charge is 0.393 e. The minimum absolute atomic E-state index is 0.0975. The lowest BCUT2D eigenvalue weighted by atomic mass is 9.41. The zero-order valence-corrected chi connectivity index (χ0v) is 51.2. The summed E-state index contributed by atoms with van der Waals surface area (Å²) in [6, 6.07) is 43.6. The van der Waals surface area contributed by atoms with E-state index in [0.717, 1.165) is 68.6 Å². The number of aliphatic hydroxyl groups excluding tert-OH is 3. The van der Waals surface area contributed by atoms with Gasteiger partial charge in [-0.25, -0.2) is 0 Å². The smallest absolute Gasteiger partial charge is 0.0605 e. The first kappa shape index (κ1) is 58.0. The summed E-state index contributed by atoms with van der Waals surface area (Å²) >= 11 is 0. The van der Waals surface area contributed by atoms with E-state index in [-0.39, 0.29) is 23.7 Å². The number of allylic oxidation sites excluding steroid dienone is 2. The van der Waals surface area contributed by atoms with Gasteiger partial charge in [-0.15, -0.1) is 0 Å². The predicted octanol–water partition coefficient (Wildman–Crippen LogP) is 18.8. The summed E-state index contributed by atoms with van der Waals surface area (Å²) in [5.41, 5.74) is 9.34. The molecule has 22 atom stereocenters. The van der Waals surface area contributed by atoms with Gasteiger partial charge < -0.3 is 15.3 Å². The zero-order chi connectivity index (χ0) is 56.1. The van der Waals surface area contributed by atoms with Gasteiger partial charge in [-0.3, -0.25) is 0 Å². The van der Waals surface area contributed by atoms with Crippen molar-refractivity contribution in [1.82, 2.24) is 0 Å². The third kappa shape index (κ3) is 10.3. The van der Waals surface area contributed by atoms with Crippen LogP contribution >= 0.6 is 0 Å². The van der Waals surface area contributed by atoms with Crippen LogP contribution in [-0.2, 0) is 0 Å². The van der Waals surface area contributed by atoms with E-state index >= 15 is 0 Å². The fraction of sp³-hybridized carbons (Fsp3) is 0.636. The molecular formula is C77H106O3. The third-order valence-corrected chi connectivity index (χ3v) is 26.3. The summed E-state index contributed by atoms with van der Waals surface area (Å²) in [6.07, 6.45) is 26.6. The number of fused-ring (bicyclic) bond motifs is 10. The highest BCUT2D eigenvalue weighted by molar-refractivity contribution is 5.80. The highest BCUT2D eigenvalue weighted by Gasteiger charge is 2.66. The Hall–Kier alpha value is -3.76. The van der Waals surface area contributed by atoms with E-state index in [2.05, 4.69) is 196 Å². The topological polar surface area (TPSA) is 60.7 Å².